The van der Waals surface area contributed by atoms with Crippen molar-refractivity contribution in [2.75, 3.05) is 0 Å². The molecule has 0 saturated heterocycles. The van der Waals surface area contributed by atoms with Gasteiger partial charge in [-0.1, -0.05) is 137 Å². The third kappa shape index (κ3) is 13.3. The zero-order valence-corrected chi connectivity index (χ0v) is 17.9. The Bertz CT molecular complexity index is 226. The lowest BCUT2D eigenvalue weighted by atomic mass is 9.74. The minimum atomic E-state index is 0.672. The van der Waals surface area contributed by atoms with Gasteiger partial charge in [-0.2, -0.15) is 0 Å². The summed E-state index contributed by atoms with van der Waals surface area (Å²) in [6, 6.07) is 0. The fourth-order valence-corrected chi connectivity index (χ4v) is 4.17. The van der Waals surface area contributed by atoms with Gasteiger partial charge in [0.25, 0.3) is 0 Å². The van der Waals surface area contributed by atoms with E-state index in [0.29, 0.717) is 5.41 Å². The van der Waals surface area contributed by atoms with E-state index in [9.17, 15) is 0 Å². The van der Waals surface area contributed by atoms with E-state index in [1.807, 2.05) is 0 Å². The van der Waals surface area contributed by atoms with Crippen LogP contribution in [0, 0.1) is 5.41 Å². The van der Waals surface area contributed by atoms with Crippen LogP contribution in [0.1, 0.15) is 150 Å². The summed E-state index contributed by atoms with van der Waals surface area (Å²) in [5.41, 5.74) is 0.672. The van der Waals surface area contributed by atoms with E-state index < -0.39 is 0 Å². The van der Waals surface area contributed by atoms with Gasteiger partial charge in [0.1, 0.15) is 0 Å². The van der Waals surface area contributed by atoms with Crippen LogP contribution in [0.5, 0.6) is 0 Å². The first kappa shape index (κ1) is 24.0. The van der Waals surface area contributed by atoms with Gasteiger partial charge in [-0.15, -0.1) is 0 Å². The number of hydrogen-bond acceptors (Lipinski definition) is 0. The van der Waals surface area contributed by atoms with Crippen LogP contribution >= 0.6 is 0 Å². The second kappa shape index (κ2) is 17.8. The number of hydrogen-bond donors (Lipinski definition) is 0. The molecule has 0 spiro atoms. The maximum atomic E-state index is 2.44. The van der Waals surface area contributed by atoms with E-state index in [0.717, 1.165) is 0 Å². The Morgan fingerprint density at radius 2 is 0.667 bits per heavy atom. The highest BCUT2D eigenvalue weighted by atomic mass is 14.3. The summed E-state index contributed by atoms with van der Waals surface area (Å²) in [6.45, 7) is 9.49. The fourth-order valence-electron chi connectivity index (χ4n) is 4.17. The quantitative estimate of drug-likeness (QED) is 0.206. The van der Waals surface area contributed by atoms with Gasteiger partial charge in [-0.05, 0) is 18.3 Å². The van der Waals surface area contributed by atoms with E-state index in [4.69, 9.17) is 0 Å². The van der Waals surface area contributed by atoms with Crippen LogP contribution in [0.3, 0.4) is 0 Å². The molecule has 0 amide bonds. The predicted octanol–water partition coefficient (Wildman–Crippen LogP) is 9.46. The van der Waals surface area contributed by atoms with E-state index in [-0.39, 0.29) is 0 Å². The Morgan fingerprint density at radius 3 is 0.958 bits per heavy atom. The Balaban J connectivity index is 3.72. The third-order valence-corrected chi connectivity index (χ3v) is 6.37. The van der Waals surface area contributed by atoms with Gasteiger partial charge in [0.05, 0.1) is 0 Å². The van der Waals surface area contributed by atoms with Crippen molar-refractivity contribution in [3.8, 4) is 0 Å². The number of rotatable bonds is 19. The summed E-state index contributed by atoms with van der Waals surface area (Å²) in [7, 11) is 0. The molecule has 0 N–H and O–H groups in total. The van der Waals surface area contributed by atoms with Gasteiger partial charge in [0.15, 0.2) is 0 Å². The van der Waals surface area contributed by atoms with E-state index >= 15 is 0 Å². The van der Waals surface area contributed by atoms with Crippen molar-refractivity contribution in [1.29, 1.82) is 0 Å². The van der Waals surface area contributed by atoms with Crippen molar-refractivity contribution in [2.24, 2.45) is 5.41 Å². The average molecular weight is 339 g/mol. The first-order chi connectivity index (χ1) is 11.7. The highest BCUT2D eigenvalue weighted by molar-refractivity contribution is 4.76. The number of unbranched alkanes of at least 4 members (excludes halogenated alkanes) is 13. The molecular weight excluding hydrogens is 288 g/mol. The Hall–Kier alpha value is 0. The van der Waals surface area contributed by atoms with E-state index in [1.165, 1.54) is 122 Å². The first-order valence-electron chi connectivity index (χ1n) is 11.7. The molecule has 0 atom stereocenters. The largest absolute Gasteiger partial charge is 0.0654 e. The summed E-state index contributed by atoms with van der Waals surface area (Å²) < 4.78 is 0. The standard InChI is InChI=1S/C24H50/c1-5-9-11-13-15-17-19-21-23-24(7-3,8-4)22-20-18-16-14-12-10-6-2/h5-23H2,1-4H3. The van der Waals surface area contributed by atoms with Gasteiger partial charge in [-0.25, -0.2) is 0 Å². The molecule has 0 aromatic carbocycles. The molecule has 0 fully saturated rings. The second-order valence-corrected chi connectivity index (χ2v) is 8.30. The van der Waals surface area contributed by atoms with Gasteiger partial charge in [0, 0.05) is 0 Å². The smallest absolute Gasteiger partial charge is 0.0303 e. The lowest BCUT2D eigenvalue weighted by Gasteiger charge is -2.32. The molecule has 0 heteroatoms. The van der Waals surface area contributed by atoms with Crippen LogP contribution in [0.15, 0.2) is 0 Å². The molecule has 0 aromatic heterocycles. The average Bonchev–Trinajstić information content (AvgIpc) is 2.61. The fraction of sp³-hybridized carbons (Fsp3) is 1.00. The zero-order valence-electron chi connectivity index (χ0n) is 17.9. The van der Waals surface area contributed by atoms with Crippen LogP contribution < -0.4 is 0 Å². The van der Waals surface area contributed by atoms with Gasteiger partial charge < -0.3 is 0 Å². The molecule has 0 aliphatic heterocycles. The Kier molecular flexibility index (Phi) is 17.8. The second-order valence-electron chi connectivity index (χ2n) is 8.30. The van der Waals surface area contributed by atoms with Crippen molar-refractivity contribution < 1.29 is 0 Å². The van der Waals surface area contributed by atoms with Crippen LogP contribution in [-0.2, 0) is 0 Å². The normalized spacial score (nSPS) is 12.0. The molecule has 0 aliphatic carbocycles. The van der Waals surface area contributed by atoms with Crippen molar-refractivity contribution in [3.63, 3.8) is 0 Å². The van der Waals surface area contributed by atoms with E-state index in [1.54, 1.807) is 0 Å². The summed E-state index contributed by atoms with van der Waals surface area (Å²) in [4.78, 5) is 0. The molecule has 0 heterocycles. The summed E-state index contributed by atoms with van der Waals surface area (Å²) in [6.07, 6.45) is 27.6. The van der Waals surface area contributed by atoms with Gasteiger partial charge in [0.2, 0.25) is 0 Å². The monoisotopic (exact) mass is 338 g/mol. The summed E-state index contributed by atoms with van der Waals surface area (Å²) in [5, 5.41) is 0. The predicted molar refractivity (Wildman–Crippen MR) is 113 cm³/mol. The SMILES string of the molecule is CCCCCCCCCCC(CC)(CC)CCCCCCCCC. The van der Waals surface area contributed by atoms with Crippen LogP contribution in [0.25, 0.3) is 0 Å². The van der Waals surface area contributed by atoms with Gasteiger partial charge in [-0.3, -0.25) is 0 Å². The van der Waals surface area contributed by atoms with Crippen LogP contribution in [0.2, 0.25) is 0 Å². The molecule has 0 bridgehead atoms. The minimum Gasteiger partial charge on any atom is -0.0654 e. The van der Waals surface area contributed by atoms with E-state index in [2.05, 4.69) is 27.7 Å². The van der Waals surface area contributed by atoms with Gasteiger partial charge >= 0.3 is 0 Å². The van der Waals surface area contributed by atoms with Crippen LogP contribution in [0.4, 0.5) is 0 Å². The molecule has 0 nitrogen and oxygen atoms in total. The maximum absolute atomic E-state index is 2.44. The summed E-state index contributed by atoms with van der Waals surface area (Å²) >= 11 is 0. The lowest BCUT2D eigenvalue weighted by Crippen LogP contribution is -2.18. The Morgan fingerprint density at radius 1 is 0.375 bits per heavy atom. The summed E-state index contributed by atoms with van der Waals surface area (Å²) in [5.74, 6) is 0. The van der Waals surface area contributed by atoms with Crippen molar-refractivity contribution in [3.05, 3.63) is 0 Å². The van der Waals surface area contributed by atoms with Crippen molar-refractivity contribution >= 4 is 0 Å². The maximum Gasteiger partial charge on any atom is -0.0303 e. The third-order valence-electron chi connectivity index (χ3n) is 6.37. The molecule has 0 aliphatic rings. The Labute approximate surface area is 155 Å². The topological polar surface area (TPSA) is 0 Å². The van der Waals surface area contributed by atoms with Crippen LogP contribution in [-0.4, -0.2) is 0 Å². The van der Waals surface area contributed by atoms with Crippen molar-refractivity contribution in [1.82, 2.24) is 0 Å². The molecule has 0 aromatic rings. The minimum absolute atomic E-state index is 0.672. The molecule has 0 rings (SSSR count). The highest BCUT2D eigenvalue weighted by Crippen LogP contribution is 2.38. The molecule has 0 unspecified atom stereocenters. The molecule has 0 radical (unpaired) electrons. The first-order valence-corrected chi connectivity index (χ1v) is 11.7. The lowest BCUT2D eigenvalue weighted by molar-refractivity contribution is 0.202. The molecule has 0 saturated carbocycles. The highest BCUT2D eigenvalue weighted by Gasteiger charge is 2.24. The molecule has 24 heavy (non-hydrogen) atoms. The zero-order chi connectivity index (χ0) is 17.9. The molecule has 146 valence electrons. The molecular formula is C24H50. The van der Waals surface area contributed by atoms with Crippen molar-refractivity contribution in [2.45, 2.75) is 150 Å².